The maximum atomic E-state index is 5.75. The van der Waals surface area contributed by atoms with Gasteiger partial charge in [-0.15, -0.1) is 0 Å². The zero-order valence-corrected chi connectivity index (χ0v) is 9.18. The molecule has 13 heavy (non-hydrogen) atoms. The van der Waals surface area contributed by atoms with Crippen LogP contribution in [-0.2, 0) is 4.74 Å². The zero-order valence-electron chi connectivity index (χ0n) is 9.18. The summed E-state index contributed by atoms with van der Waals surface area (Å²) in [4.78, 5) is 0. The lowest BCUT2D eigenvalue weighted by Gasteiger charge is -2.25. The van der Waals surface area contributed by atoms with Crippen LogP contribution in [0.5, 0.6) is 0 Å². The Balaban J connectivity index is 2.35. The van der Waals surface area contributed by atoms with Gasteiger partial charge in [-0.05, 0) is 31.7 Å². The normalized spacial score (nSPS) is 30.7. The van der Waals surface area contributed by atoms with Gasteiger partial charge < -0.3 is 10.1 Å². The molecule has 1 rings (SSSR count). The first-order valence-electron chi connectivity index (χ1n) is 5.64. The second-order valence-corrected chi connectivity index (χ2v) is 4.07. The molecular weight excluding hydrogens is 162 g/mol. The molecule has 1 aliphatic heterocycles. The van der Waals surface area contributed by atoms with E-state index in [0.29, 0.717) is 12.1 Å². The molecule has 78 valence electrons. The predicted octanol–water partition coefficient (Wildman–Crippen LogP) is 2.19. The lowest BCUT2D eigenvalue weighted by molar-refractivity contribution is 0.0598. The topological polar surface area (TPSA) is 21.3 Å². The summed E-state index contributed by atoms with van der Waals surface area (Å²) < 4.78 is 5.75. The Kier molecular flexibility index (Phi) is 4.74. The molecule has 0 aliphatic carbocycles. The lowest BCUT2D eigenvalue weighted by atomic mass is 9.96. The number of ether oxygens (including phenoxy) is 1. The van der Waals surface area contributed by atoms with Gasteiger partial charge in [-0.2, -0.15) is 0 Å². The summed E-state index contributed by atoms with van der Waals surface area (Å²) in [5.41, 5.74) is 0. The molecule has 1 fully saturated rings. The Morgan fingerprint density at radius 1 is 1.46 bits per heavy atom. The minimum absolute atomic E-state index is 0.455. The van der Waals surface area contributed by atoms with Crippen LogP contribution in [0, 0.1) is 5.92 Å². The quantitative estimate of drug-likeness (QED) is 0.709. The molecule has 3 unspecified atom stereocenters. The van der Waals surface area contributed by atoms with Gasteiger partial charge in [0.1, 0.15) is 0 Å². The average Bonchev–Trinajstić information content (AvgIpc) is 2.54. The molecule has 0 aromatic heterocycles. The van der Waals surface area contributed by atoms with Crippen LogP contribution in [0.4, 0.5) is 0 Å². The van der Waals surface area contributed by atoms with Crippen LogP contribution in [0.15, 0.2) is 0 Å². The first-order chi connectivity index (χ1) is 6.29. The highest BCUT2D eigenvalue weighted by Crippen LogP contribution is 2.24. The van der Waals surface area contributed by atoms with Crippen LogP contribution in [-0.4, -0.2) is 25.3 Å². The number of hydrogen-bond donors (Lipinski definition) is 1. The molecule has 1 N–H and O–H groups in total. The number of nitrogens with one attached hydrogen (secondary N) is 1. The SMILES string of the molecule is CCCNC(CC)C1OCCC1C. The summed E-state index contributed by atoms with van der Waals surface area (Å²) in [5.74, 6) is 0.731. The van der Waals surface area contributed by atoms with Crippen LogP contribution >= 0.6 is 0 Å². The fourth-order valence-electron chi connectivity index (χ4n) is 2.05. The second-order valence-electron chi connectivity index (χ2n) is 4.07. The van der Waals surface area contributed by atoms with Crippen LogP contribution in [0.25, 0.3) is 0 Å². The van der Waals surface area contributed by atoms with Gasteiger partial charge in [-0.3, -0.25) is 0 Å². The van der Waals surface area contributed by atoms with Gasteiger partial charge in [0, 0.05) is 12.6 Å². The Labute approximate surface area is 82.0 Å². The molecule has 2 heteroatoms. The smallest absolute Gasteiger partial charge is 0.0754 e. The third kappa shape index (κ3) is 2.96. The molecule has 1 aliphatic rings. The summed E-state index contributed by atoms with van der Waals surface area (Å²) in [7, 11) is 0. The summed E-state index contributed by atoms with van der Waals surface area (Å²) >= 11 is 0. The molecule has 1 saturated heterocycles. The fourth-order valence-corrected chi connectivity index (χ4v) is 2.05. The molecule has 0 aromatic rings. The number of rotatable bonds is 5. The van der Waals surface area contributed by atoms with Crippen molar-refractivity contribution in [3.05, 3.63) is 0 Å². The van der Waals surface area contributed by atoms with Crippen LogP contribution in [0.1, 0.15) is 40.0 Å². The highest BCUT2D eigenvalue weighted by Gasteiger charge is 2.30. The molecule has 0 aromatic carbocycles. The van der Waals surface area contributed by atoms with Gasteiger partial charge >= 0.3 is 0 Å². The fraction of sp³-hybridized carbons (Fsp3) is 1.00. The average molecular weight is 185 g/mol. The molecule has 3 atom stereocenters. The lowest BCUT2D eigenvalue weighted by Crippen LogP contribution is -2.42. The summed E-state index contributed by atoms with van der Waals surface area (Å²) in [5, 5.41) is 3.57. The largest absolute Gasteiger partial charge is 0.376 e. The van der Waals surface area contributed by atoms with Crippen molar-refractivity contribution in [3.8, 4) is 0 Å². The van der Waals surface area contributed by atoms with Gasteiger partial charge in [0.25, 0.3) is 0 Å². The van der Waals surface area contributed by atoms with E-state index in [9.17, 15) is 0 Å². The second kappa shape index (κ2) is 5.61. The Hall–Kier alpha value is -0.0800. The zero-order chi connectivity index (χ0) is 9.68. The standard InChI is InChI=1S/C11H23NO/c1-4-7-12-10(5-2)11-9(3)6-8-13-11/h9-12H,4-8H2,1-3H3. The third-order valence-electron chi connectivity index (χ3n) is 2.94. The molecule has 0 saturated carbocycles. The van der Waals surface area contributed by atoms with Crippen LogP contribution in [0.2, 0.25) is 0 Å². The Morgan fingerprint density at radius 2 is 2.23 bits per heavy atom. The Morgan fingerprint density at radius 3 is 2.69 bits per heavy atom. The van der Waals surface area contributed by atoms with E-state index in [2.05, 4.69) is 26.1 Å². The molecule has 0 radical (unpaired) electrons. The molecule has 2 nitrogen and oxygen atoms in total. The van der Waals surface area contributed by atoms with Crippen LogP contribution in [0.3, 0.4) is 0 Å². The Bertz CT molecular complexity index is 138. The van der Waals surface area contributed by atoms with E-state index in [-0.39, 0.29) is 0 Å². The highest BCUT2D eigenvalue weighted by atomic mass is 16.5. The van der Waals surface area contributed by atoms with E-state index in [0.717, 1.165) is 19.1 Å². The van der Waals surface area contributed by atoms with Gasteiger partial charge in [0.05, 0.1) is 6.10 Å². The van der Waals surface area contributed by atoms with Gasteiger partial charge in [0.2, 0.25) is 0 Å². The van der Waals surface area contributed by atoms with Crippen molar-refractivity contribution in [1.82, 2.24) is 5.32 Å². The third-order valence-corrected chi connectivity index (χ3v) is 2.94. The van der Waals surface area contributed by atoms with E-state index < -0.39 is 0 Å². The van der Waals surface area contributed by atoms with E-state index in [4.69, 9.17) is 4.74 Å². The molecule has 0 spiro atoms. The van der Waals surface area contributed by atoms with Crippen molar-refractivity contribution < 1.29 is 4.74 Å². The highest BCUT2D eigenvalue weighted by molar-refractivity contribution is 4.83. The molecule has 0 amide bonds. The molecule has 1 heterocycles. The van der Waals surface area contributed by atoms with Gasteiger partial charge in [0.15, 0.2) is 0 Å². The van der Waals surface area contributed by atoms with E-state index in [1.165, 1.54) is 19.3 Å². The molecular formula is C11H23NO. The predicted molar refractivity (Wildman–Crippen MR) is 55.9 cm³/mol. The molecule has 0 bridgehead atoms. The van der Waals surface area contributed by atoms with Crippen molar-refractivity contribution in [2.45, 2.75) is 52.2 Å². The van der Waals surface area contributed by atoms with E-state index in [1.54, 1.807) is 0 Å². The monoisotopic (exact) mass is 185 g/mol. The van der Waals surface area contributed by atoms with Crippen molar-refractivity contribution in [3.63, 3.8) is 0 Å². The summed E-state index contributed by atoms with van der Waals surface area (Å²) in [6.07, 6.45) is 4.07. The van der Waals surface area contributed by atoms with Crippen molar-refractivity contribution in [2.24, 2.45) is 5.92 Å². The number of hydrogen-bond acceptors (Lipinski definition) is 2. The van der Waals surface area contributed by atoms with Crippen LogP contribution < -0.4 is 5.32 Å². The first-order valence-corrected chi connectivity index (χ1v) is 5.64. The summed E-state index contributed by atoms with van der Waals surface area (Å²) in [6, 6.07) is 0.567. The summed E-state index contributed by atoms with van der Waals surface area (Å²) in [6.45, 7) is 8.82. The maximum Gasteiger partial charge on any atom is 0.0754 e. The minimum atomic E-state index is 0.455. The van der Waals surface area contributed by atoms with Gasteiger partial charge in [-0.25, -0.2) is 0 Å². The minimum Gasteiger partial charge on any atom is -0.376 e. The van der Waals surface area contributed by atoms with E-state index in [1.807, 2.05) is 0 Å². The van der Waals surface area contributed by atoms with Crippen molar-refractivity contribution >= 4 is 0 Å². The van der Waals surface area contributed by atoms with Crippen molar-refractivity contribution in [2.75, 3.05) is 13.2 Å². The first kappa shape index (κ1) is 11.0. The maximum absolute atomic E-state index is 5.75. The van der Waals surface area contributed by atoms with Crippen molar-refractivity contribution in [1.29, 1.82) is 0 Å². The van der Waals surface area contributed by atoms with Gasteiger partial charge in [-0.1, -0.05) is 20.8 Å². The van der Waals surface area contributed by atoms with E-state index >= 15 is 0 Å².